The van der Waals surface area contributed by atoms with Crippen molar-refractivity contribution in [2.45, 2.75) is 37.4 Å². The molecule has 1 aromatic heterocycles. The van der Waals surface area contributed by atoms with Crippen molar-refractivity contribution in [3.8, 4) is 6.07 Å². The van der Waals surface area contributed by atoms with Crippen molar-refractivity contribution < 1.29 is 18.3 Å². The van der Waals surface area contributed by atoms with Gasteiger partial charge in [-0.05, 0) is 25.0 Å². The van der Waals surface area contributed by atoms with Crippen LogP contribution in [0.5, 0.6) is 0 Å². The monoisotopic (exact) mass is 285 g/mol. The van der Waals surface area contributed by atoms with E-state index in [9.17, 15) is 18.3 Å². The largest absolute Gasteiger partial charge is 0.433 e. The molecule has 2 rings (SSSR count). The number of nitrogens with zero attached hydrogens (tertiary/aromatic N) is 2. The predicted molar refractivity (Wildman–Crippen MR) is 65.9 cm³/mol. The molecule has 0 bridgehead atoms. The topological polar surface area (TPSA) is 68.9 Å². The van der Waals surface area contributed by atoms with Gasteiger partial charge >= 0.3 is 6.18 Å². The molecule has 0 radical (unpaired) electrons. The summed E-state index contributed by atoms with van der Waals surface area (Å²) in [4.78, 5) is 3.50. The number of aliphatic hydroxyl groups excluding tert-OH is 1. The Kier molecular flexibility index (Phi) is 3.86. The second-order valence-corrected chi connectivity index (χ2v) is 4.97. The number of alkyl halides is 3. The average molecular weight is 285 g/mol. The molecule has 0 amide bonds. The van der Waals surface area contributed by atoms with Crippen LogP contribution in [0.1, 0.15) is 36.9 Å². The van der Waals surface area contributed by atoms with Gasteiger partial charge in [-0.1, -0.05) is 12.8 Å². The molecule has 0 aromatic carbocycles. The van der Waals surface area contributed by atoms with Crippen molar-refractivity contribution in [3.05, 3.63) is 23.4 Å². The van der Waals surface area contributed by atoms with Crippen LogP contribution in [0.4, 0.5) is 19.0 Å². The molecule has 1 fully saturated rings. The van der Waals surface area contributed by atoms with Crippen molar-refractivity contribution in [2.75, 3.05) is 11.9 Å². The molecular weight excluding hydrogens is 271 g/mol. The van der Waals surface area contributed by atoms with Gasteiger partial charge in [0, 0.05) is 0 Å². The molecule has 1 saturated carbocycles. The van der Waals surface area contributed by atoms with Crippen molar-refractivity contribution in [3.63, 3.8) is 0 Å². The zero-order valence-electron chi connectivity index (χ0n) is 10.7. The Morgan fingerprint density at radius 2 is 2.00 bits per heavy atom. The van der Waals surface area contributed by atoms with Crippen LogP contribution in [0.2, 0.25) is 0 Å². The van der Waals surface area contributed by atoms with E-state index in [0.717, 1.165) is 25.0 Å². The Morgan fingerprint density at radius 3 is 2.50 bits per heavy atom. The molecular formula is C13H14F3N3O. The van der Waals surface area contributed by atoms with Crippen LogP contribution in [0, 0.1) is 11.3 Å². The molecule has 0 saturated heterocycles. The maximum atomic E-state index is 12.7. The number of aromatic nitrogens is 1. The van der Waals surface area contributed by atoms with Crippen LogP contribution in [0.3, 0.4) is 0 Å². The number of anilines is 1. The lowest BCUT2D eigenvalue weighted by Crippen LogP contribution is -2.39. The zero-order valence-corrected chi connectivity index (χ0v) is 10.7. The smallest absolute Gasteiger partial charge is 0.394 e. The Hall–Kier alpha value is -1.81. The number of nitrogens with one attached hydrogen (secondary N) is 1. The van der Waals surface area contributed by atoms with Gasteiger partial charge in [0.15, 0.2) is 0 Å². The van der Waals surface area contributed by atoms with Gasteiger partial charge in [0.1, 0.15) is 17.6 Å². The molecule has 2 N–H and O–H groups in total. The summed E-state index contributed by atoms with van der Waals surface area (Å²) in [6.07, 6.45) is -1.51. The maximum absolute atomic E-state index is 12.7. The van der Waals surface area contributed by atoms with E-state index in [0.29, 0.717) is 12.8 Å². The molecule has 1 aromatic rings. The highest BCUT2D eigenvalue weighted by Crippen LogP contribution is 2.35. The Bertz CT molecular complexity index is 531. The first-order valence-electron chi connectivity index (χ1n) is 6.28. The van der Waals surface area contributed by atoms with E-state index < -0.39 is 17.4 Å². The third-order valence-electron chi connectivity index (χ3n) is 3.55. The van der Waals surface area contributed by atoms with Gasteiger partial charge in [-0.2, -0.15) is 18.4 Å². The summed E-state index contributed by atoms with van der Waals surface area (Å²) in [5.74, 6) is -0.113. The minimum Gasteiger partial charge on any atom is -0.394 e. The number of rotatable bonds is 3. The van der Waals surface area contributed by atoms with E-state index in [1.54, 1.807) is 0 Å². The van der Waals surface area contributed by atoms with Crippen molar-refractivity contribution >= 4 is 5.82 Å². The molecule has 4 nitrogen and oxygen atoms in total. The highest BCUT2D eigenvalue weighted by Gasteiger charge is 2.36. The first-order chi connectivity index (χ1) is 9.40. The van der Waals surface area contributed by atoms with E-state index in [2.05, 4.69) is 10.3 Å². The molecule has 1 aliphatic rings. The number of hydrogen-bond acceptors (Lipinski definition) is 4. The highest BCUT2D eigenvalue weighted by atomic mass is 19.4. The normalized spacial score (nSPS) is 17.8. The van der Waals surface area contributed by atoms with Gasteiger partial charge in [0.05, 0.1) is 17.7 Å². The van der Waals surface area contributed by atoms with Crippen LogP contribution >= 0.6 is 0 Å². The van der Waals surface area contributed by atoms with Crippen LogP contribution in [0.15, 0.2) is 12.1 Å². The number of nitriles is 1. The molecule has 0 unspecified atom stereocenters. The first kappa shape index (κ1) is 14.6. The van der Waals surface area contributed by atoms with Gasteiger partial charge in [0.2, 0.25) is 0 Å². The van der Waals surface area contributed by atoms with Gasteiger partial charge in [0.25, 0.3) is 0 Å². The SMILES string of the molecule is N#Cc1ccc(C(F)(F)F)nc1NC1(CO)CCCC1. The summed E-state index contributed by atoms with van der Waals surface area (Å²) in [5.41, 5.74) is -1.69. The second-order valence-electron chi connectivity index (χ2n) is 4.97. The standard InChI is InChI=1S/C13H14F3N3O/c14-13(15,16)10-4-3-9(7-17)11(18-10)19-12(8-20)5-1-2-6-12/h3-4,20H,1-2,5-6,8H2,(H,18,19). The maximum Gasteiger partial charge on any atom is 0.433 e. The van der Waals surface area contributed by atoms with Crippen LogP contribution in [-0.2, 0) is 6.18 Å². The Balaban J connectivity index is 2.36. The van der Waals surface area contributed by atoms with E-state index in [1.165, 1.54) is 0 Å². The molecule has 108 valence electrons. The lowest BCUT2D eigenvalue weighted by atomic mass is 9.98. The number of halogens is 3. The van der Waals surface area contributed by atoms with Gasteiger partial charge in [-0.15, -0.1) is 0 Å². The predicted octanol–water partition coefficient (Wildman–Crippen LogP) is 2.69. The van der Waals surface area contributed by atoms with Crippen LogP contribution < -0.4 is 5.32 Å². The van der Waals surface area contributed by atoms with E-state index in [4.69, 9.17) is 5.26 Å². The molecule has 20 heavy (non-hydrogen) atoms. The van der Waals surface area contributed by atoms with Crippen LogP contribution in [0.25, 0.3) is 0 Å². The summed E-state index contributed by atoms with van der Waals surface area (Å²) in [7, 11) is 0. The molecule has 7 heteroatoms. The third-order valence-corrected chi connectivity index (χ3v) is 3.55. The second kappa shape index (κ2) is 5.29. The summed E-state index contributed by atoms with van der Waals surface area (Å²) in [5, 5.41) is 21.3. The summed E-state index contributed by atoms with van der Waals surface area (Å²) >= 11 is 0. The van der Waals surface area contributed by atoms with Gasteiger partial charge in [-0.3, -0.25) is 0 Å². The van der Waals surface area contributed by atoms with Crippen LogP contribution in [-0.4, -0.2) is 22.2 Å². The Labute approximate surface area is 114 Å². The average Bonchev–Trinajstić information content (AvgIpc) is 2.87. The van der Waals surface area contributed by atoms with Crippen molar-refractivity contribution in [1.29, 1.82) is 5.26 Å². The lowest BCUT2D eigenvalue weighted by Gasteiger charge is -2.29. The zero-order chi connectivity index (χ0) is 14.8. The molecule has 0 aliphatic heterocycles. The van der Waals surface area contributed by atoms with Crippen molar-refractivity contribution in [1.82, 2.24) is 4.98 Å². The van der Waals surface area contributed by atoms with E-state index >= 15 is 0 Å². The number of pyridine rings is 1. The fraction of sp³-hybridized carbons (Fsp3) is 0.538. The third kappa shape index (κ3) is 2.85. The summed E-state index contributed by atoms with van der Waals surface area (Å²) in [6.45, 7) is -0.199. The molecule has 1 aliphatic carbocycles. The van der Waals surface area contributed by atoms with Crippen molar-refractivity contribution in [2.24, 2.45) is 0 Å². The highest BCUT2D eigenvalue weighted by molar-refractivity contribution is 5.54. The Morgan fingerprint density at radius 1 is 1.35 bits per heavy atom. The quantitative estimate of drug-likeness (QED) is 0.896. The first-order valence-corrected chi connectivity index (χ1v) is 6.28. The molecule has 0 atom stereocenters. The summed E-state index contributed by atoms with van der Waals surface area (Å²) in [6, 6.07) is 3.69. The number of hydrogen-bond donors (Lipinski definition) is 2. The van der Waals surface area contributed by atoms with Gasteiger partial charge < -0.3 is 10.4 Å². The summed E-state index contributed by atoms with van der Waals surface area (Å²) < 4.78 is 38.0. The van der Waals surface area contributed by atoms with Gasteiger partial charge in [-0.25, -0.2) is 4.98 Å². The fourth-order valence-corrected chi connectivity index (χ4v) is 2.43. The fourth-order valence-electron chi connectivity index (χ4n) is 2.43. The van der Waals surface area contributed by atoms with E-state index in [1.807, 2.05) is 6.07 Å². The molecule has 0 spiro atoms. The molecule has 1 heterocycles. The van der Waals surface area contributed by atoms with E-state index in [-0.39, 0.29) is 18.0 Å². The minimum absolute atomic E-state index is 0.0396. The lowest BCUT2D eigenvalue weighted by molar-refractivity contribution is -0.141. The minimum atomic E-state index is -4.56. The number of aliphatic hydroxyl groups is 1.